The monoisotopic (exact) mass is 316 g/mol. The molecule has 0 radical (unpaired) electrons. The topological polar surface area (TPSA) is 63.4 Å². The molecule has 4 nitrogen and oxygen atoms in total. The maximum absolute atomic E-state index is 13.2. The number of rotatable bonds is 6. The third kappa shape index (κ3) is 3.45. The van der Waals surface area contributed by atoms with Gasteiger partial charge in [0, 0.05) is 18.6 Å². The SMILES string of the molecule is CCCN(C1(CN)CCCC(C)C1)S(=O)(=O)C1CCCC1. The lowest BCUT2D eigenvalue weighted by atomic mass is 9.76. The molecule has 2 fully saturated rings. The van der Waals surface area contributed by atoms with Crippen molar-refractivity contribution in [1.29, 1.82) is 0 Å². The predicted molar refractivity (Wildman–Crippen MR) is 87.6 cm³/mol. The van der Waals surface area contributed by atoms with Crippen LogP contribution >= 0.6 is 0 Å². The molecule has 0 bridgehead atoms. The van der Waals surface area contributed by atoms with E-state index < -0.39 is 10.0 Å². The molecular weight excluding hydrogens is 284 g/mol. The minimum Gasteiger partial charge on any atom is -0.329 e. The highest BCUT2D eigenvalue weighted by Crippen LogP contribution is 2.40. The molecule has 0 heterocycles. The maximum Gasteiger partial charge on any atom is 0.217 e. The van der Waals surface area contributed by atoms with E-state index >= 15 is 0 Å². The summed E-state index contributed by atoms with van der Waals surface area (Å²) < 4.78 is 28.2. The molecule has 21 heavy (non-hydrogen) atoms. The van der Waals surface area contributed by atoms with E-state index in [0.717, 1.165) is 51.4 Å². The first kappa shape index (κ1) is 17.2. The highest BCUT2D eigenvalue weighted by atomic mass is 32.2. The fourth-order valence-electron chi connectivity index (χ4n) is 4.35. The molecule has 0 saturated heterocycles. The van der Waals surface area contributed by atoms with Gasteiger partial charge in [-0.05, 0) is 38.0 Å². The smallest absolute Gasteiger partial charge is 0.217 e. The molecule has 0 amide bonds. The van der Waals surface area contributed by atoms with Gasteiger partial charge in [-0.2, -0.15) is 4.31 Å². The van der Waals surface area contributed by atoms with Crippen molar-refractivity contribution in [3.8, 4) is 0 Å². The molecule has 0 aromatic carbocycles. The summed E-state index contributed by atoms with van der Waals surface area (Å²) in [5.74, 6) is 0.570. The van der Waals surface area contributed by atoms with Crippen molar-refractivity contribution in [2.45, 2.75) is 82.4 Å². The largest absolute Gasteiger partial charge is 0.329 e. The Morgan fingerprint density at radius 3 is 2.38 bits per heavy atom. The van der Waals surface area contributed by atoms with Crippen LogP contribution in [0.4, 0.5) is 0 Å². The fourth-order valence-corrected chi connectivity index (χ4v) is 6.86. The summed E-state index contributed by atoms with van der Waals surface area (Å²) in [4.78, 5) is 0. The van der Waals surface area contributed by atoms with Crippen LogP contribution in [0.3, 0.4) is 0 Å². The Kier molecular flexibility index (Phi) is 5.71. The van der Waals surface area contributed by atoms with Crippen molar-refractivity contribution in [2.24, 2.45) is 11.7 Å². The molecule has 0 aliphatic heterocycles. The number of sulfonamides is 1. The first-order chi connectivity index (χ1) is 9.96. The van der Waals surface area contributed by atoms with Crippen molar-refractivity contribution in [2.75, 3.05) is 13.1 Å². The van der Waals surface area contributed by atoms with E-state index in [1.165, 1.54) is 6.42 Å². The van der Waals surface area contributed by atoms with Gasteiger partial charge < -0.3 is 5.73 Å². The maximum atomic E-state index is 13.2. The van der Waals surface area contributed by atoms with Gasteiger partial charge in [-0.25, -0.2) is 8.42 Å². The Morgan fingerprint density at radius 1 is 1.19 bits per heavy atom. The molecule has 2 rings (SSSR count). The standard InChI is InChI=1S/C16H32N2O2S/c1-3-11-18(21(19,20)15-8-4-5-9-15)16(13-17)10-6-7-14(2)12-16/h14-15H,3-13,17H2,1-2H3. The average molecular weight is 317 g/mol. The van der Waals surface area contributed by atoms with Crippen LogP contribution in [0.5, 0.6) is 0 Å². The third-order valence-electron chi connectivity index (χ3n) is 5.43. The normalized spacial score (nSPS) is 31.9. The van der Waals surface area contributed by atoms with Gasteiger partial charge in [0.15, 0.2) is 0 Å². The van der Waals surface area contributed by atoms with Crippen LogP contribution in [0.1, 0.15) is 71.6 Å². The lowest BCUT2D eigenvalue weighted by Crippen LogP contribution is -2.60. The van der Waals surface area contributed by atoms with Gasteiger partial charge in [-0.1, -0.05) is 39.5 Å². The number of hydrogen-bond donors (Lipinski definition) is 1. The van der Waals surface area contributed by atoms with Gasteiger partial charge in [0.2, 0.25) is 10.0 Å². The molecule has 5 heteroatoms. The van der Waals surface area contributed by atoms with E-state index in [4.69, 9.17) is 5.73 Å². The van der Waals surface area contributed by atoms with Crippen LogP contribution in [-0.2, 0) is 10.0 Å². The zero-order valence-corrected chi connectivity index (χ0v) is 14.5. The molecule has 2 atom stereocenters. The summed E-state index contributed by atoms with van der Waals surface area (Å²) in [6, 6.07) is 0. The molecule has 2 aliphatic rings. The van der Waals surface area contributed by atoms with Crippen LogP contribution in [-0.4, -0.2) is 36.6 Å². The first-order valence-corrected chi connectivity index (χ1v) is 10.2. The third-order valence-corrected chi connectivity index (χ3v) is 7.93. The van der Waals surface area contributed by atoms with E-state index in [1.807, 2.05) is 4.31 Å². The summed E-state index contributed by atoms with van der Waals surface area (Å²) in [7, 11) is -3.20. The Hall–Kier alpha value is -0.130. The van der Waals surface area contributed by atoms with Gasteiger partial charge in [0.05, 0.1) is 5.25 Å². The summed E-state index contributed by atoms with van der Waals surface area (Å²) in [6.07, 6.45) is 8.78. The first-order valence-electron chi connectivity index (χ1n) is 8.68. The van der Waals surface area contributed by atoms with Crippen molar-refractivity contribution in [3.63, 3.8) is 0 Å². The van der Waals surface area contributed by atoms with E-state index in [-0.39, 0.29) is 10.8 Å². The minimum absolute atomic E-state index is 0.162. The summed E-state index contributed by atoms with van der Waals surface area (Å²) >= 11 is 0. The lowest BCUT2D eigenvalue weighted by Gasteiger charge is -2.47. The molecule has 124 valence electrons. The van der Waals surface area contributed by atoms with Crippen LogP contribution in [0.25, 0.3) is 0 Å². The highest BCUT2D eigenvalue weighted by molar-refractivity contribution is 7.89. The Morgan fingerprint density at radius 2 is 1.86 bits per heavy atom. The molecule has 0 aromatic heterocycles. The molecule has 0 spiro atoms. The molecule has 2 saturated carbocycles. The highest BCUT2D eigenvalue weighted by Gasteiger charge is 2.47. The zero-order chi connectivity index (χ0) is 15.5. The van der Waals surface area contributed by atoms with Crippen LogP contribution in [0, 0.1) is 5.92 Å². The molecule has 0 aromatic rings. The number of nitrogens with two attached hydrogens (primary N) is 1. The zero-order valence-electron chi connectivity index (χ0n) is 13.7. The summed E-state index contributed by atoms with van der Waals surface area (Å²) in [5.41, 5.74) is 5.80. The predicted octanol–water partition coefficient (Wildman–Crippen LogP) is 2.88. The van der Waals surface area contributed by atoms with Gasteiger partial charge in [-0.3, -0.25) is 0 Å². The second-order valence-corrected chi connectivity index (χ2v) is 9.29. The Bertz CT molecular complexity index is 432. The molecule has 2 unspecified atom stereocenters. The summed E-state index contributed by atoms with van der Waals surface area (Å²) in [6.45, 7) is 5.38. The number of hydrogen-bond acceptors (Lipinski definition) is 3. The van der Waals surface area contributed by atoms with E-state index in [1.54, 1.807) is 0 Å². The second-order valence-electron chi connectivity index (χ2n) is 7.15. The Labute approximate surface area is 130 Å². The minimum atomic E-state index is -3.20. The van der Waals surface area contributed by atoms with E-state index in [2.05, 4.69) is 13.8 Å². The van der Waals surface area contributed by atoms with Crippen molar-refractivity contribution in [3.05, 3.63) is 0 Å². The molecule has 2 N–H and O–H groups in total. The second kappa shape index (κ2) is 6.97. The van der Waals surface area contributed by atoms with Crippen molar-refractivity contribution < 1.29 is 8.42 Å². The van der Waals surface area contributed by atoms with Crippen LogP contribution in [0.2, 0.25) is 0 Å². The average Bonchev–Trinajstić information content (AvgIpc) is 2.99. The Balaban J connectivity index is 2.31. The summed E-state index contributed by atoms with van der Waals surface area (Å²) in [5, 5.41) is -0.162. The number of nitrogens with zero attached hydrogens (tertiary/aromatic N) is 1. The van der Waals surface area contributed by atoms with Gasteiger partial charge in [0.1, 0.15) is 0 Å². The van der Waals surface area contributed by atoms with E-state index in [9.17, 15) is 8.42 Å². The van der Waals surface area contributed by atoms with Gasteiger partial charge >= 0.3 is 0 Å². The quantitative estimate of drug-likeness (QED) is 0.819. The van der Waals surface area contributed by atoms with Gasteiger partial charge in [0.25, 0.3) is 0 Å². The van der Waals surface area contributed by atoms with Crippen molar-refractivity contribution >= 4 is 10.0 Å². The van der Waals surface area contributed by atoms with E-state index in [0.29, 0.717) is 19.0 Å². The molecule has 2 aliphatic carbocycles. The van der Waals surface area contributed by atoms with Crippen LogP contribution in [0.15, 0.2) is 0 Å². The lowest BCUT2D eigenvalue weighted by molar-refractivity contribution is 0.107. The van der Waals surface area contributed by atoms with Gasteiger partial charge in [-0.15, -0.1) is 0 Å². The van der Waals surface area contributed by atoms with Crippen molar-refractivity contribution in [1.82, 2.24) is 4.31 Å². The van der Waals surface area contributed by atoms with Crippen LogP contribution < -0.4 is 5.73 Å². The fraction of sp³-hybridized carbons (Fsp3) is 1.00. The molecular formula is C16H32N2O2S.